The van der Waals surface area contributed by atoms with Crippen molar-refractivity contribution in [1.29, 1.82) is 0 Å². The molecule has 0 aliphatic rings. The molecule has 0 radical (unpaired) electrons. The van der Waals surface area contributed by atoms with Crippen LogP contribution in [-0.4, -0.2) is 10.8 Å². The van der Waals surface area contributed by atoms with E-state index in [4.69, 9.17) is 4.42 Å². The van der Waals surface area contributed by atoms with Crippen molar-refractivity contribution in [2.45, 2.75) is 0 Å². The Kier molecular flexibility index (Phi) is 2.72. The number of fused-ring (bicyclic) bond motifs is 1. The van der Waals surface area contributed by atoms with Crippen LogP contribution >= 0.6 is 15.9 Å². The highest BCUT2D eigenvalue weighted by atomic mass is 79.9. The van der Waals surface area contributed by atoms with Gasteiger partial charge in [-0.05, 0) is 34.1 Å². The van der Waals surface area contributed by atoms with Gasteiger partial charge < -0.3 is 4.42 Å². The molecule has 2 aromatic heterocycles. The van der Waals surface area contributed by atoms with Crippen LogP contribution in [0.1, 0.15) is 15.9 Å². The summed E-state index contributed by atoms with van der Waals surface area (Å²) in [4.78, 5) is 16.7. The van der Waals surface area contributed by atoms with Crippen molar-refractivity contribution < 1.29 is 9.21 Å². The number of halogens is 1. The second-order valence-corrected chi connectivity index (χ2v) is 4.54. The van der Waals surface area contributed by atoms with Gasteiger partial charge in [-0.3, -0.25) is 9.78 Å². The van der Waals surface area contributed by atoms with Gasteiger partial charge in [-0.1, -0.05) is 18.2 Å². The third kappa shape index (κ3) is 1.75. The fraction of sp³-hybridized carbons (Fsp3) is 0. The zero-order valence-corrected chi connectivity index (χ0v) is 10.8. The van der Waals surface area contributed by atoms with Gasteiger partial charge in [0.2, 0.25) is 0 Å². The summed E-state index contributed by atoms with van der Waals surface area (Å²) in [5, 5.41) is 0.947. The molecule has 0 fully saturated rings. The lowest BCUT2D eigenvalue weighted by Crippen LogP contribution is -2.02. The fourth-order valence-corrected chi connectivity index (χ4v) is 2.31. The molecule has 88 valence electrons. The molecule has 0 unspecified atom stereocenters. The van der Waals surface area contributed by atoms with Gasteiger partial charge in [-0.15, -0.1) is 0 Å². The predicted molar refractivity (Wildman–Crippen MR) is 71.6 cm³/mol. The summed E-state index contributed by atoms with van der Waals surface area (Å²) in [6.45, 7) is 0. The Labute approximate surface area is 112 Å². The predicted octanol–water partition coefficient (Wildman–Crippen LogP) is 3.82. The largest absolute Gasteiger partial charge is 0.457 e. The Morgan fingerprint density at radius 2 is 1.94 bits per heavy atom. The maximum absolute atomic E-state index is 12.4. The van der Waals surface area contributed by atoms with E-state index >= 15 is 0 Å². The SMILES string of the molecule is O=C(c1ccoc1Br)c1cccc2cccnc12. The van der Waals surface area contributed by atoms with Crippen molar-refractivity contribution in [1.82, 2.24) is 4.98 Å². The number of carbonyl (C=O) groups excluding carboxylic acids is 1. The summed E-state index contributed by atoms with van der Waals surface area (Å²) in [7, 11) is 0. The zero-order chi connectivity index (χ0) is 12.5. The fourth-order valence-electron chi connectivity index (χ4n) is 1.89. The van der Waals surface area contributed by atoms with E-state index in [2.05, 4.69) is 20.9 Å². The molecule has 0 bridgehead atoms. The first kappa shape index (κ1) is 11.2. The van der Waals surface area contributed by atoms with E-state index < -0.39 is 0 Å². The van der Waals surface area contributed by atoms with Crippen LogP contribution in [0.4, 0.5) is 0 Å². The molecule has 0 spiro atoms. The normalized spacial score (nSPS) is 10.7. The second kappa shape index (κ2) is 4.38. The van der Waals surface area contributed by atoms with Crippen LogP contribution in [0.15, 0.2) is 57.9 Å². The van der Waals surface area contributed by atoms with E-state index in [1.165, 1.54) is 6.26 Å². The van der Waals surface area contributed by atoms with E-state index in [1.54, 1.807) is 18.3 Å². The van der Waals surface area contributed by atoms with Gasteiger partial charge in [0.15, 0.2) is 10.5 Å². The summed E-state index contributed by atoms with van der Waals surface area (Å²) in [5.41, 5.74) is 1.79. The van der Waals surface area contributed by atoms with E-state index in [0.29, 0.717) is 21.3 Å². The average Bonchev–Trinajstić information content (AvgIpc) is 2.83. The molecule has 3 nitrogen and oxygen atoms in total. The summed E-state index contributed by atoms with van der Waals surface area (Å²) in [6.07, 6.45) is 3.17. The summed E-state index contributed by atoms with van der Waals surface area (Å²) < 4.78 is 5.54. The number of hydrogen-bond donors (Lipinski definition) is 0. The minimum absolute atomic E-state index is 0.0973. The summed E-state index contributed by atoms with van der Waals surface area (Å²) in [5.74, 6) is -0.0973. The van der Waals surface area contributed by atoms with Crippen molar-refractivity contribution in [3.63, 3.8) is 0 Å². The van der Waals surface area contributed by atoms with Crippen molar-refractivity contribution in [2.24, 2.45) is 0 Å². The maximum atomic E-state index is 12.4. The number of ketones is 1. The molecular weight excluding hydrogens is 294 g/mol. The molecule has 1 aromatic carbocycles. The van der Waals surface area contributed by atoms with Crippen molar-refractivity contribution >= 4 is 32.6 Å². The monoisotopic (exact) mass is 301 g/mol. The van der Waals surface area contributed by atoms with Crippen LogP contribution in [0.25, 0.3) is 10.9 Å². The standard InChI is InChI=1S/C14H8BrNO2/c15-14-11(6-8-18-14)13(17)10-5-1-3-9-4-2-7-16-12(9)10/h1-8H. The molecule has 2 heterocycles. The van der Waals surface area contributed by atoms with Gasteiger partial charge in [0.25, 0.3) is 0 Å². The molecule has 0 N–H and O–H groups in total. The van der Waals surface area contributed by atoms with Gasteiger partial charge in [0.05, 0.1) is 17.3 Å². The van der Waals surface area contributed by atoms with Crippen molar-refractivity contribution in [3.8, 4) is 0 Å². The molecule has 4 heteroatoms. The maximum Gasteiger partial charge on any atom is 0.199 e. The Morgan fingerprint density at radius 3 is 2.72 bits per heavy atom. The van der Waals surface area contributed by atoms with Gasteiger partial charge in [-0.25, -0.2) is 0 Å². The second-order valence-electron chi connectivity index (χ2n) is 3.82. The summed E-state index contributed by atoms with van der Waals surface area (Å²) >= 11 is 3.22. The van der Waals surface area contributed by atoms with Gasteiger partial charge in [0.1, 0.15) is 0 Å². The third-order valence-electron chi connectivity index (χ3n) is 2.74. The average molecular weight is 302 g/mol. The minimum Gasteiger partial charge on any atom is -0.457 e. The lowest BCUT2D eigenvalue weighted by molar-refractivity contribution is 0.103. The molecule has 18 heavy (non-hydrogen) atoms. The van der Waals surface area contributed by atoms with E-state index in [9.17, 15) is 4.79 Å². The van der Waals surface area contributed by atoms with Crippen LogP contribution in [0.2, 0.25) is 0 Å². The number of aromatic nitrogens is 1. The molecule has 0 atom stereocenters. The molecule has 0 aliphatic carbocycles. The number of benzene rings is 1. The van der Waals surface area contributed by atoms with Crippen LogP contribution in [0.3, 0.4) is 0 Å². The Balaban J connectivity index is 2.21. The van der Waals surface area contributed by atoms with Crippen LogP contribution in [0, 0.1) is 0 Å². The van der Waals surface area contributed by atoms with Crippen molar-refractivity contribution in [2.75, 3.05) is 0 Å². The van der Waals surface area contributed by atoms with Crippen LogP contribution in [-0.2, 0) is 0 Å². The first-order valence-electron chi connectivity index (χ1n) is 5.39. The third-order valence-corrected chi connectivity index (χ3v) is 3.35. The lowest BCUT2D eigenvalue weighted by Gasteiger charge is -2.03. The number of carbonyl (C=O) groups is 1. The first-order valence-corrected chi connectivity index (χ1v) is 6.18. The lowest BCUT2D eigenvalue weighted by atomic mass is 10.0. The first-order chi connectivity index (χ1) is 8.77. The number of pyridine rings is 1. The molecular formula is C14H8BrNO2. The minimum atomic E-state index is -0.0973. The molecule has 0 saturated heterocycles. The highest BCUT2D eigenvalue weighted by molar-refractivity contribution is 9.10. The smallest absolute Gasteiger partial charge is 0.199 e. The zero-order valence-electron chi connectivity index (χ0n) is 9.26. The molecule has 0 aliphatic heterocycles. The van der Waals surface area contributed by atoms with Crippen LogP contribution in [0.5, 0.6) is 0 Å². The Bertz CT molecular complexity index is 728. The topological polar surface area (TPSA) is 43.1 Å². The van der Waals surface area contributed by atoms with Gasteiger partial charge >= 0.3 is 0 Å². The number of furan rings is 1. The number of rotatable bonds is 2. The molecule has 0 amide bonds. The van der Waals surface area contributed by atoms with E-state index in [1.807, 2.05) is 24.3 Å². The van der Waals surface area contributed by atoms with Crippen molar-refractivity contribution in [3.05, 3.63) is 64.7 Å². The van der Waals surface area contributed by atoms with Gasteiger partial charge in [0, 0.05) is 17.1 Å². The molecule has 3 rings (SSSR count). The highest BCUT2D eigenvalue weighted by Crippen LogP contribution is 2.24. The van der Waals surface area contributed by atoms with E-state index in [0.717, 1.165) is 5.39 Å². The van der Waals surface area contributed by atoms with E-state index in [-0.39, 0.29) is 5.78 Å². The number of nitrogens with zero attached hydrogens (tertiary/aromatic N) is 1. The molecule has 3 aromatic rings. The highest BCUT2D eigenvalue weighted by Gasteiger charge is 2.17. The van der Waals surface area contributed by atoms with Gasteiger partial charge in [-0.2, -0.15) is 0 Å². The number of hydrogen-bond acceptors (Lipinski definition) is 3. The Morgan fingerprint density at radius 1 is 1.11 bits per heavy atom. The number of para-hydroxylation sites is 1. The quantitative estimate of drug-likeness (QED) is 0.676. The van der Waals surface area contributed by atoms with Crippen LogP contribution < -0.4 is 0 Å². The Hall–Kier alpha value is -1.94. The summed E-state index contributed by atoms with van der Waals surface area (Å²) in [6, 6.07) is 11.0. The molecule has 0 saturated carbocycles.